The van der Waals surface area contributed by atoms with Crippen LogP contribution in [-0.4, -0.2) is 103 Å². The zero-order valence-electron chi connectivity index (χ0n) is 20.5. The summed E-state index contributed by atoms with van der Waals surface area (Å²) in [5.74, 6) is -8.61. The average molecular weight is 630 g/mol. The molecule has 0 amide bonds. The van der Waals surface area contributed by atoms with Gasteiger partial charge < -0.3 is 90.0 Å². The van der Waals surface area contributed by atoms with E-state index in [1.165, 1.54) is 0 Å². The standard InChI is InChI=1S/6C3H6O3.Mo/c6*1-2(4)3(5)6;/h6*2,4H,1H3,(H,5,6);/q;;;;;;+6/p-6. The molecule has 0 heterocycles. The molecule has 6 atom stereocenters. The van der Waals surface area contributed by atoms with E-state index >= 15 is 0 Å². The predicted octanol–water partition coefficient (Wildman–Crippen LogP) is -11.3. The minimum Gasteiger partial charge on any atom is -0.547 e. The number of rotatable bonds is 6. The van der Waals surface area contributed by atoms with Gasteiger partial charge in [0.1, 0.15) is 0 Å². The fourth-order valence-electron chi connectivity index (χ4n) is 0. The van der Waals surface area contributed by atoms with Crippen LogP contribution >= 0.6 is 0 Å². The molecular formula is C18H30MoO18. The van der Waals surface area contributed by atoms with Gasteiger partial charge >= 0.3 is 21.1 Å². The largest absolute Gasteiger partial charge is 6.00 e. The van der Waals surface area contributed by atoms with E-state index in [-0.39, 0.29) is 21.1 Å². The molecule has 216 valence electrons. The number of hydrogen-bond donors (Lipinski definition) is 6. The molecule has 0 saturated heterocycles. The van der Waals surface area contributed by atoms with E-state index in [9.17, 15) is 59.4 Å². The van der Waals surface area contributed by atoms with Gasteiger partial charge in [-0.3, -0.25) is 0 Å². The Morgan fingerprint density at radius 2 is 0.378 bits per heavy atom. The molecule has 6 unspecified atom stereocenters. The number of aliphatic hydroxyl groups excluding tert-OH is 6. The van der Waals surface area contributed by atoms with Gasteiger partial charge in [0.15, 0.2) is 0 Å². The van der Waals surface area contributed by atoms with Crippen LogP contribution in [0.5, 0.6) is 0 Å². The van der Waals surface area contributed by atoms with Crippen molar-refractivity contribution in [3.63, 3.8) is 0 Å². The van der Waals surface area contributed by atoms with E-state index in [0.29, 0.717) is 0 Å². The van der Waals surface area contributed by atoms with Crippen molar-refractivity contribution in [3.8, 4) is 0 Å². The molecule has 0 spiro atoms. The molecule has 0 aliphatic heterocycles. The molecule has 0 aromatic carbocycles. The van der Waals surface area contributed by atoms with Gasteiger partial charge in [0, 0.05) is 0 Å². The predicted molar refractivity (Wildman–Crippen MR) is 100 cm³/mol. The molecule has 37 heavy (non-hydrogen) atoms. The Balaban J connectivity index is -0.0000000581. The third kappa shape index (κ3) is 71.9. The minimum atomic E-state index is -1.44. The first-order valence-electron chi connectivity index (χ1n) is 9.19. The van der Waals surface area contributed by atoms with Crippen molar-refractivity contribution in [2.24, 2.45) is 0 Å². The SMILES string of the molecule is CC(O)C(=O)[O-].CC(O)C(=O)[O-].CC(O)C(=O)[O-].CC(O)C(=O)[O-].CC(O)C(=O)[O-].CC(O)C(=O)[O-].[Mo+6]. The zero-order chi connectivity index (χ0) is 30.9. The Morgan fingerprint density at radius 3 is 0.378 bits per heavy atom. The van der Waals surface area contributed by atoms with Crippen molar-refractivity contribution in [2.75, 3.05) is 0 Å². The minimum absolute atomic E-state index is 0. The molecule has 0 fully saturated rings. The van der Waals surface area contributed by atoms with E-state index in [0.717, 1.165) is 41.5 Å². The molecule has 0 saturated carbocycles. The van der Waals surface area contributed by atoms with E-state index in [1.807, 2.05) is 0 Å². The maximum atomic E-state index is 9.34. The van der Waals surface area contributed by atoms with E-state index < -0.39 is 72.4 Å². The smallest absolute Gasteiger partial charge is 0.547 e. The number of carboxylic acid groups (broad SMARTS) is 6. The molecule has 18 nitrogen and oxygen atoms in total. The maximum Gasteiger partial charge on any atom is 6.00 e. The van der Waals surface area contributed by atoms with E-state index in [2.05, 4.69) is 0 Å². The second kappa shape index (κ2) is 31.3. The Kier molecular flexibility index (Phi) is 43.1. The average Bonchev–Trinajstić information content (AvgIpc) is 2.69. The summed E-state index contributed by atoms with van der Waals surface area (Å²) >= 11 is 0. The number of carbonyl (C=O) groups excluding carboxylic acids is 6. The summed E-state index contributed by atoms with van der Waals surface area (Å²) in [6.45, 7) is 6.81. The number of aliphatic hydroxyl groups is 6. The molecular weight excluding hydrogens is 600 g/mol. The summed E-state index contributed by atoms with van der Waals surface area (Å²) in [4.78, 5) is 56.0. The summed E-state index contributed by atoms with van der Waals surface area (Å²) in [7, 11) is 0. The molecule has 19 heteroatoms. The Labute approximate surface area is 225 Å². The topological polar surface area (TPSA) is 362 Å². The van der Waals surface area contributed by atoms with Gasteiger partial charge in [0.25, 0.3) is 0 Å². The third-order valence-corrected chi connectivity index (χ3v) is 2.05. The third-order valence-electron chi connectivity index (χ3n) is 2.05. The van der Waals surface area contributed by atoms with Crippen LogP contribution in [0.3, 0.4) is 0 Å². The van der Waals surface area contributed by atoms with Gasteiger partial charge in [-0.2, -0.15) is 0 Å². The first-order valence-corrected chi connectivity index (χ1v) is 9.19. The van der Waals surface area contributed by atoms with Crippen LogP contribution < -0.4 is 30.6 Å². The van der Waals surface area contributed by atoms with Crippen molar-refractivity contribution in [1.82, 2.24) is 0 Å². The Hall–Kier alpha value is -2.73. The molecule has 6 N–H and O–H groups in total. The van der Waals surface area contributed by atoms with Crippen LogP contribution in [0.1, 0.15) is 41.5 Å². The second-order valence-electron chi connectivity index (χ2n) is 5.97. The van der Waals surface area contributed by atoms with Crippen molar-refractivity contribution in [2.45, 2.75) is 78.2 Å². The van der Waals surface area contributed by atoms with Gasteiger partial charge in [0.05, 0.1) is 72.4 Å². The Bertz CT molecular complexity index is 489. The van der Waals surface area contributed by atoms with Crippen LogP contribution in [0.4, 0.5) is 0 Å². The zero-order valence-corrected chi connectivity index (χ0v) is 22.5. The summed E-state index contributed by atoms with van der Waals surface area (Å²) in [6, 6.07) is 0. The van der Waals surface area contributed by atoms with Crippen molar-refractivity contribution < 1.29 is 111 Å². The summed E-state index contributed by atoms with van der Waals surface area (Å²) < 4.78 is 0. The van der Waals surface area contributed by atoms with Crippen molar-refractivity contribution >= 4 is 35.8 Å². The van der Waals surface area contributed by atoms with Crippen molar-refractivity contribution in [1.29, 1.82) is 0 Å². The van der Waals surface area contributed by atoms with Crippen LogP contribution in [0.25, 0.3) is 0 Å². The molecule has 0 aromatic rings. The van der Waals surface area contributed by atoms with Gasteiger partial charge in [-0.25, -0.2) is 0 Å². The fourth-order valence-corrected chi connectivity index (χ4v) is 0. The Morgan fingerprint density at radius 1 is 0.351 bits per heavy atom. The number of hydrogen-bond acceptors (Lipinski definition) is 18. The normalized spacial score (nSPS) is 13.3. The van der Waals surface area contributed by atoms with Gasteiger partial charge in [-0.15, -0.1) is 0 Å². The van der Waals surface area contributed by atoms with Crippen molar-refractivity contribution in [3.05, 3.63) is 0 Å². The molecule has 0 aromatic heterocycles. The molecule has 0 aliphatic rings. The molecule has 0 aliphatic carbocycles. The number of carboxylic acids is 6. The number of carbonyl (C=O) groups is 6. The van der Waals surface area contributed by atoms with Crippen LogP contribution in [0, 0.1) is 0 Å². The molecule has 0 radical (unpaired) electrons. The monoisotopic (exact) mass is 632 g/mol. The summed E-state index contributed by atoms with van der Waals surface area (Å²) in [6.07, 6.45) is -8.06. The molecule has 0 bridgehead atoms. The summed E-state index contributed by atoms with van der Waals surface area (Å²) in [5.41, 5.74) is 0. The first-order chi connectivity index (χ1) is 15.9. The van der Waals surface area contributed by atoms with Gasteiger partial charge in [0.2, 0.25) is 0 Å². The van der Waals surface area contributed by atoms with Crippen LogP contribution in [-0.2, 0) is 49.8 Å². The fraction of sp³-hybridized carbons (Fsp3) is 0.667. The maximum absolute atomic E-state index is 9.34. The van der Waals surface area contributed by atoms with Crippen LogP contribution in [0.2, 0.25) is 0 Å². The molecule has 0 rings (SSSR count). The van der Waals surface area contributed by atoms with E-state index in [4.69, 9.17) is 30.6 Å². The quantitative estimate of drug-likeness (QED) is 0.148. The van der Waals surface area contributed by atoms with Crippen LogP contribution in [0.15, 0.2) is 0 Å². The first kappa shape index (κ1) is 51.0. The summed E-state index contributed by atoms with van der Waals surface area (Å²) in [5, 5.41) is 104. The number of aliphatic carboxylic acids is 6. The van der Waals surface area contributed by atoms with E-state index in [1.54, 1.807) is 0 Å². The van der Waals surface area contributed by atoms with Gasteiger partial charge in [-0.1, -0.05) is 0 Å². The second-order valence-corrected chi connectivity index (χ2v) is 5.97. The van der Waals surface area contributed by atoms with Gasteiger partial charge in [-0.05, 0) is 41.5 Å².